The van der Waals surface area contributed by atoms with Crippen LogP contribution >= 0.6 is 0 Å². The summed E-state index contributed by atoms with van der Waals surface area (Å²) >= 11 is 0. The van der Waals surface area contributed by atoms with Crippen molar-refractivity contribution < 1.29 is 17.6 Å². The van der Waals surface area contributed by atoms with Crippen molar-refractivity contribution >= 4 is 28.2 Å². The predicted molar refractivity (Wildman–Crippen MR) is 129 cm³/mol. The average Bonchev–Trinajstić information content (AvgIpc) is 3.09. The number of alkyl halides is 3. The van der Waals surface area contributed by atoms with Gasteiger partial charge >= 0.3 is 6.18 Å². The SMILES string of the molecule is Cc1nnc2nc(N3CCN(C)Cc4c(C#CC(C)(C)C(F)(F)F)cccc43)c3cc(F)ccc3n12. The van der Waals surface area contributed by atoms with E-state index in [4.69, 9.17) is 4.98 Å². The molecule has 0 unspecified atom stereocenters. The first-order valence-electron chi connectivity index (χ1n) is 11.4. The Morgan fingerprint density at radius 1 is 1.03 bits per heavy atom. The summed E-state index contributed by atoms with van der Waals surface area (Å²) in [6.07, 6.45) is -4.45. The summed E-state index contributed by atoms with van der Waals surface area (Å²) < 4.78 is 56.5. The molecule has 0 saturated heterocycles. The Balaban J connectivity index is 1.73. The molecule has 36 heavy (non-hydrogen) atoms. The molecule has 0 amide bonds. The lowest BCUT2D eigenvalue weighted by Gasteiger charge is -2.26. The first kappa shape index (κ1) is 24.0. The van der Waals surface area contributed by atoms with Crippen molar-refractivity contribution in [2.75, 3.05) is 25.0 Å². The van der Waals surface area contributed by atoms with Crippen molar-refractivity contribution in [2.24, 2.45) is 5.41 Å². The maximum absolute atomic E-state index is 14.4. The van der Waals surface area contributed by atoms with Gasteiger partial charge in [0.05, 0.1) is 5.52 Å². The molecule has 2 aromatic carbocycles. The van der Waals surface area contributed by atoms with Crippen LogP contribution in [0.2, 0.25) is 0 Å². The van der Waals surface area contributed by atoms with E-state index >= 15 is 0 Å². The quantitative estimate of drug-likeness (QED) is 0.266. The standard InChI is InChI=1S/C26H24F4N6/c1-16-32-33-24-31-23(19-14-18(27)8-9-22(19)36(16)24)35-13-12-34(4)15-20-17(6-5-7-21(20)35)10-11-25(2,3)26(28,29)30/h5-9,14H,12-13,15H2,1-4H3. The van der Waals surface area contributed by atoms with Gasteiger partial charge in [0, 0.05) is 41.8 Å². The molecule has 0 fully saturated rings. The lowest BCUT2D eigenvalue weighted by atomic mass is 9.92. The highest BCUT2D eigenvalue weighted by Crippen LogP contribution is 2.38. The molecule has 10 heteroatoms. The van der Waals surface area contributed by atoms with Gasteiger partial charge in [-0.2, -0.15) is 18.2 Å². The van der Waals surface area contributed by atoms with Crippen molar-refractivity contribution in [3.8, 4) is 11.8 Å². The number of benzene rings is 2. The molecular weight excluding hydrogens is 472 g/mol. The monoisotopic (exact) mass is 496 g/mol. The van der Waals surface area contributed by atoms with E-state index in [1.165, 1.54) is 12.1 Å². The van der Waals surface area contributed by atoms with Crippen molar-refractivity contribution in [3.05, 3.63) is 59.2 Å². The smallest absolute Gasteiger partial charge is 0.324 e. The maximum Gasteiger partial charge on any atom is 0.404 e. The summed E-state index contributed by atoms with van der Waals surface area (Å²) in [4.78, 5) is 8.78. The van der Waals surface area contributed by atoms with Gasteiger partial charge in [-0.1, -0.05) is 17.9 Å². The summed E-state index contributed by atoms with van der Waals surface area (Å²) in [6, 6.07) is 9.87. The van der Waals surface area contributed by atoms with Crippen molar-refractivity contribution in [3.63, 3.8) is 0 Å². The van der Waals surface area contributed by atoms with Crippen LogP contribution in [0.15, 0.2) is 36.4 Å². The van der Waals surface area contributed by atoms with E-state index in [0.29, 0.717) is 53.5 Å². The van der Waals surface area contributed by atoms with E-state index in [0.717, 1.165) is 25.1 Å². The van der Waals surface area contributed by atoms with Gasteiger partial charge in [0.1, 0.15) is 22.9 Å². The summed E-state index contributed by atoms with van der Waals surface area (Å²) in [7, 11) is 1.94. The fourth-order valence-corrected chi connectivity index (χ4v) is 4.31. The first-order valence-corrected chi connectivity index (χ1v) is 11.4. The number of likely N-dealkylation sites (N-methyl/N-ethyl adjacent to an activating group) is 1. The molecule has 0 aliphatic carbocycles. The minimum absolute atomic E-state index is 0.378. The van der Waals surface area contributed by atoms with Crippen LogP contribution in [0.25, 0.3) is 16.7 Å². The number of aromatic nitrogens is 4. The summed E-state index contributed by atoms with van der Waals surface area (Å²) in [6.45, 7) is 5.59. The van der Waals surface area contributed by atoms with E-state index in [9.17, 15) is 17.6 Å². The fourth-order valence-electron chi connectivity index (χ4n) is 4.31. The molecule has 6 nitrogen and oxygen atoms in total. The fraction of sp³-hybridized carbons (Fsp3) is 0.346. The normalized spacial score (nSPS) is 15.1. The third-order valence-corrected chi connectivity index (χ3v) is 6.50. The summed E-state index contributed by atoms with van der Waals surface area (Å²) in [5.74, 6) is 6.31. The molecule has 1 aliphatic heterocycles. The number of nitrogens with zero attached hydrogens (tertiary/aromatic N) is 6. The van der Waals surface area contributed by atoms with E-state index in [2.05, 4.69) is 26.9 Å². The van der Waals surface area contributed by atoms with Gasteiger partial charge in [0.2, 0.25) is 0 Å². The second kappa shape index (κ2) is 8.45. The minimum Gasteiger partial charge on any atom is -0.324 e. The Hall–Kier alpha value is -3.71. The number of fused-ring (bicyclic) bond motifs is 4. The van der Waals surface area contributed by atoms with Crippen LogP contribution in [0.4, 0.5) is 29.1 Å². The lowest BCUT2D eigenvalue weighted by molar-refractivity contribution is -0.190. The van der Waals surface area contributed by atoms with Crippen LogP contribution < -0.4 is 4.90 Å². The average molecular weight is 497 g/mol. The molecule has 0 bridgehead atoms. The maximum atomic E-state index is 14.4. The van der Waals surface area contributed by atoms with Crippen LogP contribution in [-0.4, -0.2) is 50.8 Å². The molecule has 0 saturated carbocycles. The van der Waals surface area contributed by atoms with E-state index in [1.807, 2.05) is 18.0 Å². The van der Waals surface area contributed by atoms with E-state index in [1.54, 1.807) is 29.5 Å². The molecule has 3 heterocycles. The zero-order chi connectivity index (χ0) is 25.8. The molecule has 2 aromatic heterocycles. The molecular formula is C26H24F4N6. The second-order valence-electron chi connectivity index (χ2n) is 9.54. The number of rotatable bonds is 1. The number of anilines is 2. The first-order chi connectivity index (χ1) is 17.0. The zero-order valence-electron chi connectivity index (χ0n) is 20.3. The lowest BCUT2D eigenvalue weighted by Crippen LogP contribution is -2.30. The van der Waals surface area contributed by atoms with Crippen LogP contribution in [0.1, 0.15) is 30.8 Å². The van der Waals surface area contributed by atoms with Crippen LogP contribution in [-0.2, 0) is 6.54 Å². The van der Waals surface area contributed by atoms with Crippen LogP contribution in [0, 0.1) is 30.0 Å². The Bertz CT molecular complexity index is 1540. The molecule has 4 aromatic rings. The van der Waals surface area contributed by atoms with Gasteiger partial charge in [0.25, 0.3) is 5.78 Å². The highest BCUT2D eigenvalue weighted by atomic mass is 19.4. The Labute approximate surface area is 205 Å². The zero-order valence-corrected chi connectivity index (χ0v) is 20.3. The molecule has 0 spiro atoms. The van der Waals surface area contributed by atoms with Crippen LogP contribution in [0.5, 0.6) is 0 Å². The molecule has 1 aliphatic rings. The summed E-state index contributed by atoms with van der Waals surface area (Å²) in [5, 5.41) is 8.89. The van der Waals surface area contributed by atoms with Gasteiger partial charge in [-0.25, -0.2) is 4.39 Å². The molecule has 5 rings (SSSR count). The second-order valence-corrected chi connectivity index (χ2v) is 9.54. The Kier molecular flexibility index (Phi) is 5.63. The Morgan fingerprint density at radius 3 is 2.56 bits per heavy atom. The molecule has 0 N–H and O–H groups in total. The molecule has 0 atom stereocenters. The van der Waals surface area contributed by atoms with E-state index < -0.39 is 17.4 Å². The topological polar surface area (TPSA) is 49.6 Å². The predicted octanol–water partition coefficient (Wildman–Crippen LogP) is 5.25. The molecule has 186 valence electrons. The Morgan fingerprint density at radius 2 is 1.81 bits per heavy atom. The number of hydrogen-bond donors (Lipinski definition) is 0. The molecule has 0 radical (unpaired) electrons. The van der Waals surface area contributed by atoms with Crippen molar-refractivity contribution in [2.45, 2.75) is 33.5 Å². The third kappa shape index (κ3) is 4.03. The van der Waals surface area contributed by atoms with Gasteiger partial charge in [0.15, 0.2) is 0 Å². The third-order valence-electron chi connectivity index (χ3n) is 6.50. The number of aryl methyl sites for hydroxylation is 1. The minimum atomic E-state index is -4.45. The van der Waals surface area contributed by atoms with Crippen molar-refractivity contribution in [1.82, 2.24) is 24.5 Å². The van der Waals surface area contributed by atoms with Gasteiger partial charge in [-0.05, 0) is 58.2 Å². The number of halogens is 4. The highest BCUT2D eigenvalue weighted by molar-refractivity contribution is 5.94. The summed E-state index contributed by atoms with van der Waals surface area (Å²) in [5.41, 5.74) is 0.610. The van der Waals surface area contributed by atoms with Gasteiger partial charge < -0.3 is 9.80 Å². The largest absolute Gasteiger partial charge is 0.404 e. The van der Waals surface area contributed by atoms with Gasteiger partial charge in [-0.15, -0.1) is 10.2 Å². The van der Waals surface area contributed by atoms with Crippen molar-refractivity contribution in [1.29, 1.82) is 0 Å². The van der Waals surface area contributed by atoms with E-state index in [-0.39, 0.29) is 0 Å². The highest BCUT2D eigenvalue weighted by Gasteiger charge is 2.46. The number of hydrogen-bond acceptors (Lipinski definition) is 5. The van der Waals surface area contributed by atoms with Gasteiger partial charge in [-0.3, -0.25) is 4.40 Å². The van der Waals surface area contributed by atoms with Crippen LogP contribution in [0.3, 0.4) is 0 Å².